The topological polar surface area (TPSA) is 54.9 Å². The first-order chi connectivity index (χ1) is 7.81. The van der Waals surface area contributed by atoms with Crippen LogP contribution in [0.2, 0.25) is 0 Å². The van der Waals surface area contributed by atoms with Crippen molar-refractivity contribution in [2.45, 2.75) is 13.3 Å². The molecule has 0 aliphatic carbocycles. The van der Waals surface area contributed by atoms with Gasteiger partial charge in [0, 0.05) is 11.9 Å². The Kier molecular flexibility index (Phi) is 3.10. The van der Waals surface area contributed by atoms with Crippen LogP contribution in [-0.4, -0.2) is 22.6 Å². The van der Waals surface area contributed by atoms with Crippen molar-refractivity contribution < 1.29 is 4.79 Å². The molecule has 0 unspecified atom stereocenters. The van der Waals surface area contributed by atoms with Gasteiger partial charge < -0.3 is 5.32 Å². The molecule has 0 fully saturated rings. The molecule has 0 bridgehead atoms. The number of benzene rings is 1. The van der Waals surface area contributed by atoms with Crippen LogP contribution >= 0.6 is 0 Å². The highest BCUT2D eigenvalue weighted by molar-refractivity contribution is 5.95. The highest BCUT2D eigenvalue weighted by atomic mass is 16.1. The van der Waals surface area contributed by atoms with Crippen molar-refractivity contribution >= 4 is 16.8 Å². The van der Waals surface area contributed by atoms with Gasteiger partial charge in [-0.3, -0.25) is 4.79 Å². The van der Waals surface area contributed by atoms with Gasteiger partial charge in [-0.05, 0) is 18.6 Å². The lowest BCUT2D eigenvalue weighted by atomic mass is 10.2. The molecule has 16 heavy (non-hydrogen) atoms. The Morgan fingerprint density at radius 3 is 2.94 bits per heavy atom. The minimum atomic E-state index is -0.167. The molecule has 0 saturated heterocycles. The third kappa shape index (κ3) is 2.16. The van der Waals surface area contributed by atoms with E-state index in [1.165, 1.54) is 0 Å². The van der Waals surface area contributed by atoms with Crippen LogP contribution in [0.25, 0.3) is 10.9 Å². The zero-order chi connectivity index (χ0) is 11.4. The third-order valence-corrected chi connectivity index (χ3v) is 2.26. The van der Waals surface area contributed by atoms with Crippen molar-refractivity contribution in [3.05, 3.63) is 36.0 Å². The van der Waals surface area contributed by atoms with Crippen LogP contribution in [-0.2, 0) is 0 Å². The van der Waals surface area contributed by atoms with Crippen LogP contribution in [0, 0.1) is 0 Å². The van der Waals surface area contributed by atoms with Crippen molar-refractivity contribution in [3.8, 4) is 0 Å². The van der Waals surface area contributed by atoms with Crippen LogP contribution in [0.15, 0.2) is 30.3 Å². The van der Waals surface area contributed by atoms with Crippen LogP contribution in [0.4, 0.5) is 0 Å². The summed E-state index contributed by atoms with van der Waals surface area (Å²) in [4.78, 5) is 11.6. The highest BCUT2D eigenvalue weighted by Crippen LogP contribution is 2.10. The number of rotatable bonds is 3. The molecule has 1 aromatic carbocycles. The first-order valence-electron chi connectivity index (χ1n) is 5.32. The van der Waals surface area contributed by atoms with E-state index in [0.29, 0.717) is 12.2 Å². The van der Waals surface area contributed by atoms with E-state index in [4.69, 9.17) is 0 Å². The molecule has 1 amide bonds. The van der Waals surface area contributed by atoms with Gasteiger partial charge in [0.05, 0.1) is 5.52 Å². The molecule has 1 N–H and O–H groups in total. The van der Waals surface area contributed by atoms with Gasteiger partial charge in [-0.1, -0.05) is 25.1 Å². The van der Waals surface area contributed by atoms with E-state index in [2.05, 4.69) is 15.5 Å². The predicted molar refractivity (Wildman–Crippen MR) is 62.2 cm³/mol. The lowest BCUT2D eigenvalue weighted by Crippen LogP contribution is -2.25. The average molecular weight is 215 g/mol. The lowest BCUT2D eigenvalue weighted by molar-refractivity contribution is 0.0948. The maximum atomic E-state index is 11.6. The summed E-state index contributed by atoms with van der Waals surface area (Å²) >= 11 is 0. The summed E-state index contributed by atoms with van der Waals surface area (Å²) in [5.74, 6) is -0.167. The fourth-order valence-electron chi connectivity index (χ4n) is 1.42. The monoisotopic (exact) mass is 215 g/mol. The van der Waals surface area contributed by atoms with Crippen molar-refractivity contribution in [2.75, 3.05) is 6.54 Å². The van der Waals surface area contributed by atoms with E-state index < -0.39 is 0 Å². The number of amides is 1. The number of nitrogens with one attached hydrogen (secondary N) is 1. The van der Waals surface area contributed by atoms with Crippen molar-refractivity contribution in [1.82, 2.24) is 15.5 Å². The molecule has 1 aromatic heterocycles. The Morgan fingerprint density at radius 1 is 1.31 bits per heavy atom. The fraction of sp³-hybridized carbons (Fsp3) is 0.250. The quantitative estimate of drug-likeness (QED) is 0.848. The second-order valence-corrected chi connectivity index (χ2v) is 3.54. The van der Waals surface area contributed by atoms with Gasteiger partial charge in [-0.15, -0.1) is 10.2 Å². The Balaban J connectivity index is 2.28. The first kappa shape index (κ1) is 10.5. The number of fused-ring (bicyclic) bond motifs is 1. The van der Waals surface area contributed by atoms with Crippen molar-refractivity contribution in [3.63, 3.8) is 0 Å². The zero-order valence-electron chi connectivity index (χ0n) is 9.10. The van der Waals surface area contributed by atoms with Gasteiger partial charge in [0.1, 0.15) is 0 Å². The van der Waals surface area contributed by atoms with Crippen LogP contribution in [0.1, 0.15) is 23.8 Å². The van der Waals surface area contributed by atoms with Gasteiger partial charge in [0.15, 0.2) is 5.69 Å². The lowest BCUT2D eigenvalue weighted by Gasteiger charge is -2.02. The van der Waals surface area contributed by atoms with Gasteiger partial charge in [-0.2, -0.15) is 0 Å². The molecule has 2 rings (SSSR count). The van der Waals surface area contributed by atoms with Crippen LogP contribution in [0.5, 0.6) is 0 Å². The third-order valence-electron chi connectivity index (χ3n) is 2.26. The van der Waals surface area contributed by atoms with E-state index >= 15 is 0 Å². The van der Waals surface area contributed by atoms with Crippen LogP contribution < -0.4 is 5.32 Å². The van der Waals surface area contributed by atoms with E-state index in [1.807, 2.05) is 31.2 Å². The summed E-state index contributed by atoms with van der Waals surface area (Å²) in [6, 6.07) is 9.36. The van der Waals surface area contributed by atoms with Crippen molar-refractivity contribution in [1.29, 1.82) is 0 Å². The smallest absolute Gasteiger partial charge is 0.271 e. The maximum Gasteiger partial charge on any atom is 0.271 e. The zero-order valence-corrected chi connectivity index (χ0v) is 9.10. The second-order valence-electron chi connectivity index (χ2n) is 3.54. The van der Waals surface area contributed by atoms with Gasteiger partial charge in [0.2, 0.25) is 0 Å². The number of carbonyl (C=O) groups excluding carboxylic acids is 1. The number of carbonyl (C=O) groups is 1. The Labute approximate surface area is 93.7 Å². The fourth-order valence-corrected chi connectivity index (χ4v) is 1.42. The largest absolute Gasteiger partial charge is 0.351 e. The predicted octanol–water partition coefficient (Wildman–Crippen LogP) is 1.77. The summed E-state index contributed by atoms with van der Waals surface area (Å²) in [5, 5.41) is 11.6. The molecular weight excluding hydrogens is 202 g/mol. The molecule has 0 spiro atoms. The van der Waals surface area contributed by atoms with E-state index in [-0.39, 0.29) is 5.91 Å². The number of aromatic nitrogens is 2. The minimum absolute atomic E-state index is 0.167. The summed E-state index contributed by atoms with van der Waals surface area (Å²) in [7, 11) is 0. The van der Waals surface area contributed by atoms with E-state index in [9.17, 15) is 4.79 Å². The Morgan fingerprint density at radius 2 is 2.12 bits per heavy atom. The molecule has 0 radical (unpaired) electrons. The van der Waals surface area contributed by atoms with Gasteiger partial charge in [-0.25, -0.2) is 0 Å². The SMILES string of the molecule is CCCNC(=O)c1cc2ccccc2nn1. The van der Waals surface area contributed by atoms with E-state index in [0.717, 1.165) is 17.3 Å². The van der Waals surface area contributed by atoms with Gasteiger partial charge in [0.25, 0.3) is 5.91 Å². The molecule has 4 heteroatoms. The number of nitrogens with zero attached hydrogens (tertiary/aromatic N) is 2. The molecule has 1 heterocycles. The normalized spacial score (nSPS) is 10.3. The molecule has 82 valence electrons. The second kappa shape index (κ2) is 4.70. The minimum Gasteiger partial charge on any atom is -0.351 e. The standard InChI is InChI=1S/C12H13N3O/c1-2-7-13-12(16)11-8-9-5-3-4-6-10(9)14-15-11/h3-6,8H,2,7H2,1H3,(H,13,16). The van der Waals surface area contributed by atoms with E-state index in [1.54, 1.807) is 6.07 Å². The van der Waals surface area contributed by atoms with Crippen LogP contribution in [0.3, 0.4) is 0 Å². The summed E-state index contributed by atoms with van der Waals surface area (Å²) < 4.78 is 0. The average Bonchev–Trinajstić information content (AvgIpc) is 2.35. The molecular formula is C12H13N3O. The van der Waals surface area contributed by atoms with Crippen molar-refractivity contribution in [2.24, 2.45) is 0 Å². The Hall–Kier alpha value is -1.97. The summed E-state index contributed by atoms with van der Waals surface area (Å²) in [5.41, 5.74) is 1.17. The number of hydrogen-bond acceptors (Lipinski definition) is 3. The summed E-state index contributed by atoms with van der Waals surface area (Å²) in [6.45, 7) is 2.67. The molecule has 2 aromatic rings. The molecule has 0 aliphatic rings. The first-order valence-corrected chi connectivity index (χ1v) is 5.32. The van der Waals surface area contributed by atoms with Gasteiger partial charge >= 0.3 is 0 Å². The molecule has 0 atom stereocenters. The molecule has 0 aliphatic heterocycles. The highest BCUT2D eigenvalue weighted by Gasteiger charge is 2.07. The molecule has 0 saturated carbocycles. The Bertz CT molecular complexity index is 510. The summed E-state index contributed by atoms with van der Waals surface area (Å²) in [6.07, 6.45) is 0.909. The number of hydrogen-bond donors (Lipinski definition) is 1. The molecule has 4 nitrogen and oxygen atoms in total. The maximum absolute atomic E-state index is 11.6.